The number of hydrogen-bond donors (Lipinski definition) is 2. The summed E-state index contributed by atoms with van der Waals surface area (Å²) in [5.41, 5.74) is 0. The Bertz CT molecular complexity index is 481. The smallest absolute Gasteiger partial charge is 0.134 e. The van der Waals surface area contributed by atoms with E-state index >= 15 is 0 Å². The molecule has 0 bridgehead atoms. The number of hydrogen-bond acceptors (Lipinski definition) is 7. The highest BCUT2D eigenvalue weighted by molar-refractivity contribution is 5.48. The zero-order chi connectivity index (χ0) is 15.9. The van der Waals surface area contributed by atoms with E-state index in [1.165, 1.54) is 12.8 Å². The monoisotopic (exact) mass is 321 g/mol. The fraction of sp³-hybridized carbons (Fsp3) is 0.750. The molecule has 0 radical (unpaired) electrons. The molecule has 2 saturated heterocycles. The van der Waals surface area contributed by atoms with Gasteiger partial charge in [-0.25, -0.2) is 9.97 Å². The molecular weight excluding hydrogens is 294 g/mol. The Morgan fingerprint density at radius 2 is 2.13 bits per heavy atom. The zero-order valence-corrected chi connectivity index (χ0v) is 13.7. The van der Waals surface area contributed by atoms with Crippen LogP contribution in [-0.4, -0.2) is 78.6 Å². The second-order valence-electron chi connectivity index (χ2n) is 6.15. The maximum Gasteiger partial charge on any atom is 0.134 e. The number of likely N-dealkylation sites (tertiary alicyclic amines) is 1. The molecule has 2 aliphatic heterocycles. The minimum Gasteiger partial charge on any atom is -0.396 e. The van der Waals surface area contributed by atoms with Crippen molar-refractivity contribution in [2.75, 3.05) is 62.8 Å². The van der Waals surface area contributed by atoms with Crippen molar-refractivity contribution in [1.82, 2.24) is 14.9 Å². The Hall–Kier alpha value is -1.44. The topological polar surface area (TPSA) is 73.8 Å². The van der Waals surface area contributed by atoms with E-state index in [-0.39, 0.29) is 6.61 Å². The van der Waals surface area contributed by atoms with Crippen molar-refractivity contribution in [3.05, 3.63) is 12.4 Å². The molecule has 0 spiro atoms. The lowest BCUT2D eigenvalue weighted by Crippen LogP contribution is -2.37. The third-order valence-corrected chi connectivity index (χ3v) is 4.61. The van der Waals surface area contributed by atoms with Crippen molar-refractivity contribution >= 4 is 11.6 Å². The zero-order valence-electron chi connectivity index (χ0n) is 13.7. The molecule has 0 aliphatic carbocycles. The molecule has 7 heteroatoms. The van der Waals surface area contributed by atoms with Crippen LogP contribution in [0.2, 0.25) is 0 Å². The van der Waals surface area contributed by atoms with E-state index in [0.29, 0.717) is 6.04 Å². The van der Waals surface area contributed by atoms with Gasteiger partial charge in [-0.3, -0.25) is 4.90 Å². The average Bonchev–Trinajstić information content (AvgIpc) is 3.06. The maximum absolute atomic E-state index is 9.00. The number of nitrogens with one attached hydrogen (secondary N) is 1. The summed E-state index contributed by atoms with van der Waals surface area (Å²) in [5, 5.41) is 12.5. The summed E-state index contributed by atoms with van der Waals surface area (Å²) < 4.78 is 5.39. The van der Waals surface area contributed by atoms with Crippen LogP contribution in [0.1, 0.15) is 19.3 Å². The Kier molecular flexibility index (Phi) is 6.01. The van der Waals surface area contributed by atoms with Crippen LogP contribution in [0, 0.1) is 0 Å². The number of morpholine rings is 1. The molecule has 2 aliphatic rings. The summed E-state index contributed by atoms with van der Waals surface area (Å²) >= 11 is 0. The molecule has 0 amide bonds. The summed E-state index contributed by atoms with van der Waals surface area (Å²) in [7, 11) is 0. The number of nitrogens with zero attached hydrogens (tertiary/aromatic N) is 4. The predicted octanol–water partition coefficient (Wildman–Crippen LogP) is 0.572. The van der Waals surface area contributed by atoms with Crippen LogP contribution in [-0.2, 0) is 4.74 Å². The van der Waals surface area contributed by atoms with E-state index in [1.54, 1.807) is 6.33 Å². The van der Waals surface area contributed by atoms with Crippen LogP contribution in [0.3, 0.4) is 0 Å². The highest BCUT2D eigenvalue weighted by Gasteiger charge is 2.23. The van der Waals surface area contributed by atoms with Crippen LogP contribution in [0.15, 0.2) is 12.4 Å². The summed E-state index contributed by atoms with van der Waals surface area (Å²) in [6.07, 6.45) is 4.93. The van der Waals surface area contributed by atoms with E-state index in [2.05, 4.69) is 25.1 Å². The van der Waals surface area contributed by atoms with Crippen molar-refractivity contribution in [1.29, 1.82) is 0 Å². The molecular formula is C16H27N5O2. The molecule has 2 fully saturated rings. The van der Waals surface area contributed by atoms with Gasteiger partial charge in [0, 0.05) is 44.9 Å². The van der Waals surface area contributed by atoms with E-state index in [1.807, 2.05) is 6.07 Å². The SMILES string of the molecule is OCCCN1CCCC1CNc1cc(N2CCOCC2)ncn1. The number of aromatic nitrogens is 2. The minimum atomic E-state index is 0.269. The van der Waals surface area contributed by atoms with Gasteiger partial charge in [-0.05, 0) is 25.8 Å². The van der Waals surface area contributed by atoms with Gasteiger partial charge in [0.25, 0.3) is 0 Å². The lowest BCUT2D eigenvalue weighted by molar-refractivity contribution is 0.122. The first kappa shape index (κ1) is 16.4. The first-order valence-corrected chi connectivity index (χ1v) is 8.60. The van der Waals surface area contributed by atoms with Crippen LogP contribution in [0.25, 0.3) is 0 Å². The molecule has 0 saturated carbocycles. The van der Waals surface area contributed by atoms with E-state index in [4.69, 9.17) is 9.84 Å². The summed E-state index contributed by atoms with van der Waals surface area (Å²) in [6.45, 7) is 6.56. The molecule has 3 rings (SSSR count). The van der Waals surface area contributed by atoms with Gasteiger partial charge in [-0.15, -0.1) is 0 Å². The van der Waals surface area contributed by atoms with Crippen LogP contribution < -0.4 is 10.2 Å². The number of anilines is 2. The van der Waals surface area contributed by atoms with E-state index < -0.39 is 0 Å². The first-order valence-electron chi connectivity index (χ1n) is 8.60. The summed E-state index contributed by atoms with van der Waals surface area (Å²) in [5.74, 6) is 1.85. The molecule has 0 aromatic carbocycles. The molecule has 1 atom stereocenters. The van der Waals surface area contributed by atoms with Gasteiger partial charge in [0.05, 0.1) is 13.2 Å². The molecule has 7 nitrogen and oxygen atoms in total. The quantitative estimate of drug-likeness (QED) is 0.760. The molecule has 23 heavy (non-hydrogen) atoms. The summed E-state index contributed by atoms with van der Waals surface area (Å²) in [4.78, 5) is 13.4. The van der Waals surface area contributed by atoms with Crippen molar-refractivity contribution in [3.8, 4) is 0 Å². The van der Waals surface area contributed by atoms with E-state index in [9.17, 15) is 0 Å². The van der Waals surface area contributed by atoms with E-state index in [0.717, 1.165) is 64.0 Å². The highest BCUT2D eigenvalue weighted by atomic mass is 16.5. The van der Waals surface area contributed by atoms with Gasteiger partial charge < -0.3 is 20.1 Å². The Morgan fingerprint density at radius 3 is 2.96 bits per heavy atom. The van der Waals surface area contributed by atoms with Crippen molar-refractivity contribution in [2.24, 2.45) is 0 Å². The van der Waals surface area contributed by atoms with Crippen molar-refractivity contribution < 1.29 is 9.84 Å². The molecule has 2 N–H and O–H groups in total. The molecule has 1 unspecified atom stereocenters. The molecule has 1 aromatic rings. The number of rotatable bonds is 7. The number of aliphatic hydroxyl groups excluding tert-OH is 1. The predicted molar refractivity (Wildman–Crippen MR) is 89.9 cm³/mol. The van der Waals surface area contributed by atoms with Crippen LogP contribution in [0.4, 0.5) is 11.6 Å². The maximum atomic E-state index is 9.00. The second-order valence-corrected chi connectivity index (χ2v) is 6.15. The fourth-order valence-corrected chi connectivity index (χ4v) is 3.33. The number of aliphatic hydroxyl groups is 1. The highest BCUT2D eigenvalue weighted by Crippen LogP contribution is 2.19. The average molecular weight is 321 g/mol. The van der Waals surface area contributed by atoms with Gasteiger partial charge >= 0.3 is 0 Å². The lowest BCUT2D eigenvalue weighted by atomic mass is 10.2. The third kappa shape index (κ3) is 4.53. The van der Waals surface area contributed by atoms with Gasteiger partial charge in [-0.1, -0.05) is 0 Å². The minimum absolute atomic E-state index is 0.269. The first-order chi connectivity index (χ1) is 11.4. The van der Waals surface area contributed by atoms with Crippen molar-refractivity contribution in [3.63, 3.8) is 0 Å². The summed E-state index contributed by atoms with van der Waals surface area (Å²) in [6, 6.07) is 2.56. The van der Waals surface area contributed by atoms with Gasteiger partial charge in [0.1, 0.15) is 18.0 Å². The Labute approximate surface area is 137 Å². The van der Waals surface area contributed by atoms with Crippen molar-refractivity contribution in [2.45, 2.75) is 25.3 Å². The van der Waals surface area contributed by atoms with Gasteiger partial charge in [0.2, 0.25) is 0 Å². The largest absolute Gasteiger partial charge is 0.396 e. The van der Waals surface area contributed by atoms with Gasteiger partial charge in [-0.2, -0.15) is 0 Å². The standard InChI is InChI=1S/C16H27N5O2/c22-8-2-5-20-4-1-3-14(20)12-17-15-11-16(19-13-18-15)21-6-9-23-10-7-21/h11,13-14,22H,1-10,12H2,(H,17,18,19). The second kappa shape index (κ2) is 8.42. The molecule has 3 heterocycles. The Morgan fingerprint density at radius 1 is 1.26 bits per heavy atom. The Balaban J connectivity index is 1.53. The van der Waals surface area contributed by atoms with Crippen LogP contribution >= 0.6 is 0 Å². The molecule has 128 valence electrons. The fourth-order valence-electron chi connectivity index (χ4n) is 3.33. The van der Waals surface area contributed by atoms with Crippen LogP contribution in [0.5, 0.6) is 0 Å². The number of ether oxygens (including phenoxy) is 1. The molecule has 1 aromatic heterocycles. The normalized spacial score (nSPS) is 22.5. The lowest BCUT2D eigenvalue weighted by Gasteiger charge is -2.28. The van der Waals surface area contributed by atoms with Gasteiger partial charge in [0.15, 0.2) is 0 Å². The third-order valence-electron chi connectivity index (χ3n) is 4.61.